The Morgan fingerprint density at radius 3 is 2.58 bits per heavy atom. The monoisotopic (exact) mass is 476 g/mol. The average molecular weight is 477 g/mol. The molecule has 0 spiro atoms. The molecule has 7 unspecified atom stereocenters. The summed E-state index contributed by atoms with van der Waals surface area (Å²) in [6, 6.07) is 10.0. The normalized spacial score (nSPS) is 36.8. The van der Waals surface area contributed by atoms with E-state index in [4.69, 9.17) is 30.9 Å². The van der Waals surface area contributed by atoms with Gasteiger partial charge in [0.2, 0.25) is 0 Å². The molecule has 2 bridgehead atoms. The second-order valence-electron chi connectivity index (χ2n) is 9.91. The summed E-state index contributed by atoms with van der Waals surface area (Å²) < 4.78 is 18.4. The molecule has 2 saturated heterocycles. The van der Waals surface area contributed by atoms with Gasteiger partial charge >= 0.3 is 5.97 Å². The van der Waals surface area contributed by atoms with E-state index in [-0.39, 0.29) is 24.0 Å². The SMILES string of the molecule is C=Cc1ccccc1.CC1CCC2C1C(OC=CCl)C1(C(C)C)CC(OC(=O)CO)C2(C)O1. The highest BCUT2D eigenvalue weighted by Crippen LogP contribution is 2.63. The van der Waals surface area contributed by atoms with E-state index >= 15 is 0 Å². The fourth-order valence-corrected chi connectivity index (χ4v) is 6.23. The number of hydrogen-bond donors (Lipinski definition) is 1. The van der Waals surface area contributed by atoms with Crippen molar-refractivity contribution < 1.29 is 24.1 Å². The number of aliphatic hydroxyl groups excluding tert-OH is 1. The number of hydrogen-bond acceptors (Lipinski definition) is 5. The molecule has 0 amide bonds. The zero-order valence-corrected chi connectivity index (χ0v) is 20.8. The van der Waals surface area contributed by atoms with Gasteiger partial charge < -0.3 is 19.3 Å². The Bertz CT molecular complexity index is 840. The van der Waals surface area contributed by atoms with Gasteiger partial charge in [0.1, 0.15) is 30.0 Å². The average Bonchev–Trinajstić information content (AvgIpc) is 3.32. The van der Waals surface area contributed by atoms with Crippen LogP contribution in [0.5, 0.6) is 0 Å². The fraction of sp³-hybridized carbons (Fsp3) is 0.593. The van der Waals surface area contributed by atoms with E-state index in [1.165, 1.54) is 17.4 Å². The molecule has 2 aliphatic heterocycles. The number of halogens is 1. The molecule has 0 aromatic heterocycles. The molecule has 1 saturated carbocycles. The number of fused-ring (bicyclic) bond motifs is 4. The van der Waals surface area contributed by atoms with Crippen molar-refractivity contribution in [2.75, 3.05) is 6.61 Å². The predicted octanol–water partition coefficient (Wildman–Crippen LogP) is 5.57. The lowest BCUT2D eigenvalue weighted by atomic mass is 9.69. The van der Waals surface area contributed by atoms with E-state index in [9.17, 15) is 4.79 Å². The van der Waals surface area contributed by atoms with Crippen LogP contribution in [0.4, 0.5) is 0 Å². The Labute approximate surface area is 202 Å². The maximum absolute atomic E-state index is 11.8. The zero-order valence-electron chi connectivity index (χ0n) is 20.1. The van der Waals surface area contributed by atoms with Crippen LogP contribution in [0.1, 0.15) is 52.5 Å². The van der Waals surface area contributed by atoms with E-state index in [0.29, 0.717) is 18.3 Å². The van der Waals surface area contributed by atoms with Crippen LogP contribution in [-0.4, -0.2) is 41.1 Å². The molecule has 3 fully saturated rings. The number of carbonyl (C=O) groups excluding carboxylic acids is 1. The topological polar surface area (TPSA) is 65.0 Å². The lowest BCUT2D eigenvalue weighted by Gasteiger charge is -2.53. The largest absolute Gasteiger partial charge is 0.494 e. The van der Waals surface area contributed by atoms with Gasteiger partial charge in [-0.3, -0.25) is 0 Å². The van der Waals surface area contributed by atoms with E-state index in [1.807, 2.05) is 36.4 Å². The molecular weight excluding hydrogens is 440 g/mol. The van der Waals surface area contributed by atoms with Crippen LogP contribution < -0.4 is 0 Å². The molecule has 1 aromatic rings. The van der Waals surface area contributed by atoms with Crippen molar-refractivity contribution >= 4 is 23.6 Å². The minimum absolute atomic E-state index is 0.129. The molecule has 3 aliphatic rings. The Hall–Kier alpha value is -1.82. The van der Waals surface area contributed by atoms with Gasteiger partial charge in [-0.05, 0) is 43.1 Å². The summed E-state index contributed by atoms with van der Waals surface area (Å²) in [5, 5.41) is 9.13. The molecule has 0 radical (unpaired) electrons. The molecule has 2 heterocycles. The maximum Gasteiger partial charge on any atom is 0.332 e. The summed E-state index contributed by atoms with van der Waals surface area (Å²) in [5.41, 5.74) is 1.47. The van der Waals surface area contributed by atoms with E-state index in [1.54, 1.807) is 0 Å². The van der Waals surface area contributed by atoms with E-state index in [2.05, 4.69) is 34.3 Å². The minimum atomic E-state index is -0.610. The number of carbonyl (C=O) groups is 1. The highest BCUT2D eigenvalue weighted by Gasteiger charge is 2.71. The van der Waals surface area contributed by atoms with Crippen molar-refractivity contribution in [3.05, 3.63) is 54.3 Å². The number of ether oxygens (including phenoxy) is 3. The Morgan fingerprint density at radius 1 is 1.33 bits per heavy atom. The van der Waals surface area contributed by atoms with Crippen molar-refractivity contribution in [2.45, 2.75) is 70.4 Å². The van der Waals surface area contributed by atoms with Gasteiger partial charge in [-0.2, -0.15) is 0 Å². The quantitative estimate of drug-likeness (QED) is 0.429. The third-order valence-corrected chi connectivity index (χ3v) is 7.97. The van der Waals surface area contributed by atoms with Crippen LogP contribution in [0.3, 0.4) is 0 Å². The maximum atomic E-state index is 11.8. The van der Waals surface area contributed by atoms with Gasteiger partial charge in [-0.1, -0.05) is 75.4 Å². The lowest BCUT2D eigenvalue weighted by Crippen LogP contribution is -2.61. The summed E-state index contributed by atoms with van der Waals surface area (Å²) in [7, 11) is 0. The molecule has 33 heavy (non-hydrogen) atoms. The third kappa shape index (κ3) is 4.87. The van der Waals surface area contributed by atoms with Crippen molar-refractivity contribution in [3.8, 4) is 0 Å². The van der Waals surface area contributed by atoms with Crippen LogP contribution >= 0.6 is 11.6 Å². The van der Waals surface area contributed by atoms with Crippen LogP contribution in [0, 0.1) is 23.7 Å². The van der Waals surface area contributed by atoms with Crippen LogP contribution in [0.15, 0.2) is 48.7 Å². The second-order valence-corrected chi connectivity index (χ2v) is 10.2. The molecular formula is C27H37ClO5. The van der Waals surface area contributed by atoms with E-state index in [0.717, 1.165) is 12.8 Å². The summed E-state index contributed by atoms with van der Waals surface area (Å²) in [5.74, 6) is 0.676. The fourth-order valence-electron chi connectivity index (χ4n) is 6.17. The predicted molar refractivity (Wildman–Crippen MR) is 130 cm³/mol. The van der Waals surface area contributed by atoms with Gasteiger partial charge in [0.25, 0.3) is 0 Å². The highest BCUT2D eigenvalue weighted by atomic mass is 35.5. The summed E-state index contributed by atoms with van der Waals surface area (Å²) >= 11 is 5.73. The minimum Gasteiger partial charge on any atom is -0.494 e. The third-order valence-electron chi connectivity index (χ3n) is 7.87. The van der Waals surface area contributed by atoms with Gasteiger partial charge in [-0.25, -0.2) is 4.79 Å². The zero-order chi connectivity index (χ0) is 24.2. The van der Waals surface area contributed by atoms with Crippen molar-refractivity contribution in [3.63, 3.8) is 0 Å². The van der Waals surface area contributed by atoms with Gasteiger partial charge in [0, 0.05) is 17.9 Å². The lowest BCUT2D eigenvalue weighted by molar-refractivity contribution is -0.260. The Morgan fingerprint density at radius 2 is 2.03 bits per heavy atom. The molecule has 1 N–H and O–H groups in total. The van der Waals surface area contributed by atoms with Crippen molar-refractivity contribution in [1.82, 2.24) is 0 Å². The Kier molecular flexibility index (Phi) is 8.31. The first-order valence-corrected chi connectivity index (χ1v) is 12.3. The van der Waals surface area contributed by atoms with Gasteiger partial charge in [0.05, 0.1) is 6.26 Å². The van der Waals surface area contributed by atoms with Crippen LogP contribution in [-0.2, 0) is 19.0 Å². The summed E-state index contributed by atoms with van der Waals surface area (Å²) in [4.78, 5) is 11.8. The Balaban J connectivity index is 0.000000323. The van der Waals surface area contributed by atoms with Gasteiger partial charge in [0.15, 0.2) is 0 Å². The smallest absolute Gasteiger partial charge is 0.332 e. The first kappa shape index (κ1) is 25.8. The summed E-state index contributed by atoms with van der Waals surface area (Å²) in [6.45, 7) is 11.6. The molecule has 4 rings (SSSR count). The molecule has 6 heteroatoms. The first-order valence-electron chi connectivity index (χ1n) is 11.8. The number of esters is 1. The second kappa shape index (κ2) is 10.6. The van der Waals surface area contributed by atoms with Crippen molar-refractivity contribution in [1.29, 1.82) is 0 Å². The highest BCUT2D eigenvalue weighted by molar-refractivity contribution is 6.25. The van der Waals surface area contributed by atoms with Crippen molar-refractivity contribution in [2.24, 2.45) is 23.7 Å². The van der Waals surface area contributed by atoms with Crippen LogP contribution in [0.25, 0.3) is 6.08 Å². The molecule has 5 nitrogen and oxygen atoms in total. The van der Waals surface area contributed by atoms with Crippen LogP contribution in [0.2, 0.25) is 0 Å². The number of rotatable bonds is 6. The van der Waals surface area contributed by atoms with Gasteiger partial charge in [-0.15, -0.1) is 0 Å². The molecule has 182 valence electrons. The number of benzene rings is 1. The summed E-state index contributed by atoms with van der Waals surface area (Å²) in [6.07, 6.45) is 5.57. The first-order chi connectivity index (χ1) is 15.7. The molecule has 7 atom stereocenters. The molecule has 1 aromatic carbocycles. The molecule has 1 aliphatic carbocycles. The van der Waals surface area contributed by atoms with E-state index < -0.39 is 23.8 Å². The number of aliphatic hydroxyl groups is 1. The standard InChI is InChI=1S/C19H29ClO5.C8H8/c1-11(2)19-9-14(24-15(22)10-21)18(4,25-19)13-6-5-12(3)16(13)17(19)23-8-7-20;1-2-8-6-4-3-5-7-8/h7-8,11-14,16-17,21H,5-6,9-10H2,1-4H3;2-7H,1H2.